The number of hydrogen-bond acceptors (Lipinski definition) is 2. The maximum absolute atomic E-state index is 13.4. The third-order valence-electron chi connectivity index (χ3n) is 2.77. The zero-order chi connectivity index (χ0) is 14.7. The maximum Gasteiger partial charge on any atom is 0.127 e. The van der Waals surface area contributed by atoms with E-state index in [0.29, 0.717) is 20.5 Å². The van der Waals surface area contributed by atoms with E-state index in [4.69, 9.17) is 28.9 Å². The maximum atomic E-state index is 13.4. The minimum Gasteiger partial charge on any atom is -0.326 e. The first-order chi connectivity index (χ1) is 9.51. The van der Waals surface area contributed by atoms with Crippen molar-refractivity contribution in [1.29, 1.82) is 0 Å². The molecule has 2 aromatic rings. The van der Waals surface area contributed by atoms with Crippen molar-refractivity contribution in [3.63, 3.8) is 0 Å². The van der Waals surface area contributed by atoms with Gasteiger partial charge in [0.05, 0.1) is 26.5 Å². The smallest absolute Gasteiger partial charge is 0.127 e. The van der Waals surface area contributed by atoms with Crippen LogP contribution < -0.4 is 5.73 Å². The van der Waals surface area contributed by atoms with Gasteiger partial charge in [-0.05, 0) is 29.8 Å². The lowest BCUT2D eigenvalue weighted by Crippen LogP contribution is -2.03. The molecule has 0 heterocycles. The summed E-state index contributed by atoms with van der Waals surface area (Å²) in [6.45, 7) is 0.101. The van der Waals surface area contributed by atoms with E-state index in [1.807, 2.05) is 0 Å². The zero-order valence-electron chi connectivity index (χ0n) is 10.4. The summed E-state index contributed by atoms with van der Waals surface area (Å²) in [7, 11) is -1.35. The molecule has 1 unspecified atom stereocenters. The van der Waals surface area contributed by atoms with E-state index >= 15 is 0 Å². The molecule has 0 saturated carbocycles. The molecule has 0 fully saturated rings. The molecule has 2 rings (SSSR count). The lowest BCUT2D eigenvalue weighted by atomic mass is 10.1. The molecule has 0 spiro atoms. The molecule has 106 valence electrons. The third kappa shape index (κ3) is 3.58. The van der Waals surface area contributed by atoms with Gasteiger partial charge in [0, 0.05) is 17.1 Å². The Hall–Kier alpha value is -0.940. The highest BCUT2D eigenvalue weighted by atomic mass is 35.5. The number of nitrogens with two attached hydrogens (primary N) is 1. The Morgan fingerprint density at radius 2 is 1.90 bits per heavy atom. The SMILES string of the molecule is NCc1cc(CS(=O)c2cc(Cl)ccc2Cl)ccc1F. The van der Waals surface area contributed by atoms with E-state index in [1.54, 1.807) is 30.3 Å². The summed E-state index contributed by atoms with van der Waals surface area (Å²) in [5.41, 5.74) is 6.59. The molecular weight excluding hydrogens is 320 g/mol. The highest BCUT2D eigenvalue weighted by molar-refractivity contribution is 7.84. The van der Waals surface area contributed by atoms with Crippen LogP contribution in [-0.2, 0) is 23.1 Å². The van der Waals surface area contributed by atoms with Crippen molar-refractivity contribution >= 4 is 34.0 Å². The molecule has 6 heteroatoms. The molecule has 0 aliphatic rings. The average molecular weight is 332 g/mol. The Kier molecular flexibility index (Phi) is 5.16. The van der Waals surface area contributed by atoms with Gasteiger partial charge in [-0.15, -0.1) is 0 Å². The molecule has 2 N–H and O–H groups in total. The minimum atomic E-state index is -1.35. The molecule has 0 amide bonds. The Morgan fingerprint density at radius 1 is 1.15 bits per heavy atom. The van der Waals surface area contributed by atoms with Gasteiger partial charge in [0.1, 0.15) is 5.82 Å². The van der Waals surface area contributed by atoms with E-state index in [-0.39, 0.29) is 18.1 Å². The van der Waals surface area contributed by atoms with Crippen molar-refractivity contribution in [1.82, 2.24) is 0 Å². The van der Waals surface area contributed by atoms with Gasteiger partial charge in [-0.25, -0.2) is 4.39 Å². The topological polar surface area (TPSA) is 43.1 Å². The lowest BCUT2D eigenvalue weighted by Gasteiger charge is -2.07. The highest BCUT2D eigenvalue weighted by Gasteiger charge is 2.11. The molecule has 0 bridgehead atoms. The fraction of sp³-hybridized carbons (Fsp3) is 0.143. The largest absolute Gasteiger partial charge is 0.326 e. The van der Waals surface area contributed by atoms with E-state index in [9.17, 15) is 8.60 Å². The van der Waals surface area contributed by atoms with Crippen LogP contribution in [-0.4, -0.2) is 4.21 Å². The van der Waals surface area contributed by atoms with Crippen molar-refractivity contribution in [2.24, 2.45) is 5.73 Å². The number of hydrogen-bond donors (Lipinski definition) is 1. The second kappa shape index (κ2) is 6.68. The van der Waals surface area contributed by atoms with Gasteiger partial charge >= 0.3 is 0 Å². The van der Waals surface area contributed by atoms with Crippen LogP contribution in [0.5, 0.6) is 0 Å². The molecule has 0 aromatic heterocycles. The lowest BCUT2D eigenvalue weighted by molar-refractivity contribution is 0.610. The fourth-order valence-electron chi connectivity index (χ4n) is 1.76. The van der Waals surface area contributed by atoms with Crippen LogP contribution in [0.4, 0.5) is 4.39 Å². The zero-order valence-corrected chi connectivity index (χ0v) is 12.7. The summed E-state index contributed by atoms with van der Waals surface area (Å²) >= 11 is 11.9. The molecule has 0 aliphatic heterocycles. The van der Waals surface area contributed by atoms with Crippen LogP contribution in [0, 0.1) is 5.82 Å². The van der Waals surface area contributed by atoms with Crippen LogP contribution in [0.2, 0.25) is 10.0 Å². The average Bonchev–Trinajstić information content (AvgIpc) is 2.43. The summed E-state index contributed by atoms with van der Waals surface area (Å²) in [6, 6.07) is 9.35. The molecule has 2 aromatic carbocycles. The number of benzene rings is 2. The Labute approximate surface area is 129 Å². The Morgan fingerprint density at radius 3 is 2.60 bits per heavy atom. The first-order valence-electron chi connectivity index (χ1n) is 5.82. The van der Waals surface area contributed by atoms with E-state index in [2.05, 4.69) is 0 Å². The fourth-order valence-corrected chi connectivity index (χ4v) is 3.55. The standard InChI is InChI=1S/C14H12Cl2FNOS/c15-11-2-3-12(16)14(6-11)20(19)8-9-1-4-13(17)10(5-9)7-18/h1-6H,7-8,18H2. The first-order valence-corrected chi connectivity index (χ1v) is 7.89. The van der Waals surface area contributed by atoms with Crippen LogP contribution >= 0.6 is 23.2 Å². The van der Waals surface area contributed by atoms with Crippen molar-refractivity contribution in [2.75, 3.05) is 0 Å². The molecule has 2 nitrogen and oxygen atoms in total. The molecule has 1 atom stereocenters. The summed E-state index contributed by atoms with van der Waals surface area (Å²) in [5, 5.41) is 0.869. The van der Waals surface area contributed by atoms with Gasteiger partial charge in [-0.2, -0.15) is 0 Å². The van der Waals surface area contributed by atoms with Crippen molar-refractivity contribution in [2.45, 2.75) is 17.2 Å². The minimum absolute atomic E-state index is 0.101. The normalized spacial score (nSPS) is 12.4. The quantitative estimate of drug-likeness (QED) is 0.923. The highest BCUT2D eigenvalue weighted by Crippen LogP contribution is 2.25. The molecular formula is C14H12Cl2FNOS. The molecule has 0 radical (unpaired) electrons. The molecule has 0 saturated heterocycles. The summed E-state index contributed by atoms with van der Waals surface area (Å²) < 4.78 is 25.7. The molecule has 0 aliphatic carbocycles. The Balaban J connectivity index is 2.25. The third-order valence-corrected chi connectivity index (χ3v) is 4.87. The number of halogens is 3. The van der Waals surface area contributed by atoms with Gasteiger partial charge in [0.15, 0.2) is 0 Å². The van der Waals surface area contributed by atoms with Crippen molar-refractivity contribution in [3.8, 4) is 0 Å². The van der Waals surface area contributed by atoms with Crippen LogP contribution in [0.15, 0.2) is 41.3 Å². The van der Waals surface area contributed by atoms with Crippen LogP contribution in [0.1, 0.15) is 11.1 Å². The van der Waals surface area contributed by atoms with Gasteiger partial charge in [-0.1, -0.05) is 35.3 Å². The second-order valence-corrected chi connectivity index (χ2v) is 6.46. The number of rotatable bonds is 4. The van der Waals surface area contributed by atoms with E-state index in [1.165, 1.54) is 6.07 Å². The summed E-state index contributed by atoms with van der Waals surface area (Å²) in [4.78, 5) is 0.470. The monoisotopic (exact) mass is 331 g/mol. The van der Waals surface area contributed by atoms with Crippen LogP contribution in [0.25, 0.3) is 0 Å². The summed E-state index contributed by atoms with van der Waals surface area (Å²) in [5.74, 6) is -0.129. The molecule has 20 heavy (non-hydrogen) atoms. The van der Waals surface area contributed by atoms with Crippen molar-refractivity contribution < 1.29 is 8.60 Å². The van der Waals surface area contributed by atoms with Gasteiger partial charge in [0.25, 0.3) is 0 Å². The Bertz CT molecular complexity index is 664. The summed E-state index contributed by atoms with van der Waals surface area (Å²) in [6.07, 6.45) is 0. The van der Waals surface area contributed by atoms with Crippen molar-refractivity contribution in [3.05, 3.63) is 63.4 Å². The van der Waals surface area contributed by atoms with Gasteiger partial charge in [0.2, 0.25) is 0 Å². The predicted molar refractivity (Wildman–Crippen MR) is 80.9 cm³/mol. The van der Waals surface area contributed by atoms with Gasteiger partial charge < -0.3 is 5.73 Å². The van der Waals surface area contributed by atoms with E-state index < -0.39 is 10.8 Å². The van der Waals surface area contributed by atoms with E-state index in [0.717, 1.165) is 5.56 Å². The van der Waals surface area contributed by atoms with Gasteiger partial charge in [-0.3, -0.25) is 4.21 Å². The van der Waals surface area contributed by atoms with Crippen LogP contribution in [0.3, 0.4) is 0 Å². The second-order valence-electron chi connectivity index (χ2n) is 4.19. The predicted octanol–water partition coefficient (Wildman–Crippen LogP) is 3.90. The first kappa shape index (κ1) is 15.4.